The second-order valence-corrected chi connectivity index (χ2v) is 7.74. The van der Waals surface area contributed by atoms with Gasteiger partial charge in [-0.15, -0.1) is 11.3 Å². The normalized spacial score (nSPS) is 23.7. The van der Waals surface area contributed by atoms with E-state index in [0.29, 0.717) is 6.10 Å². The molecule has 1 N–H and O–H groups in total. The molecule has 3 nitrogen and oxygen atoms in total. The fraction of sp³-hybridized carbons (Fsp3) is 0.714. The molecule has 0 bridgehead atoms. The Balaban J connectivity index is 1.68. The van der Waals surface area contributed by atoms with Gasteiger partial charge in [0.15, 0.2) is 0 Å². The molecule has 108 valence electrons. The number of halogens is 1. The van der Waals surface area contributed by atoms with Crippen molar-refractivity contribution in [3.8, 4) is 0 Å². The van der Waals surface area contributed by atoms with Gasteiger partial charge in [0.1, 0.15) is 0 Å². The van der Waals surface area contributed by atoms with Crippen LogP contribution in [0.5, 0.6) is 0 Å². The van der Waals surface area contributed by atoms with Gasteiger partial charge in [-0.05, 0) is 42.8 Å². The second-order valence-electron chi connectivity index (χ2n) is 5.83. The average Bonchev–Trinajstić information content (AvgIpc) is 2.68. The van der Waals surface area contributed by atoms with E-state index in [1.807, 2.05) is 0 Å². The third kappa shape index (κ3) is 5.16. The molecule has 0 aliphatic carbocycles. The molecular formula is C14H23BrN2OS. The highest BCUT2D eigenvalue weighted by atomic mass is 79.9. The molecular weight excluding hydrogens is 324 g/mol. The Morgan fingerprint density at radius 3 is 3.00 bits per heavy atom. The van der Waals surface area contributed by atoms with E-state index < -0.39 is 0 Å². The number of rotatable bonds is 5. The predicted octanol–water partition coefficient (Wildman–Crippen LogP) is 3.10. The van der Waals surface area contributed by atoms with Gasteiger partial charge in [-0.2, -0.15) is 0 Å². The van der Waals surface area contributed by atoms with Crippen LogP contribution in [0, 0.1) is 0 Å². The van der Waals surface area contributed by atoms with Crippen LogP contribution in [0.15, 0.2) is 15.9 Å². The molecule has 1 aliphatic rings. The fourth-order valence-corrected chi connectivity index (χ4v) is 4.07. The lowest BCUT2D eigenvalue weighted by Crippen LogP contribution is -2.53. The molecule has 5 heteroatoms. The zero-order valence-electron chi connectivity index (χ0n) is 11.9. The van der Waals surface area contributed by atoms with Crippen molar-refractivity contribution in [1.29, 1.82) is 0 Å². The summed E-state index contributed by atoms with van der Waals surface area (Å²) in [6.45, 7) is 11.6. The summed E-state index contributed by atoms with van der Waals surface area (Å²) >= 11 is 5.28. The molecule has 1 atom stereocenters. The molecule has 1 aliphatic heterocycles. The van der Waals surface area contributed by atoms with Crippen molar-refractivity contribution in [3.63, 3.8) is 0 Å². The minimum Gasteiger partial charge on any atom is -0.370 e. The third-order valence-corrected chi connectivity index (χ3v) is 4.86. The first kappa shape index (κ1) is 15.4. The topological polar surface area (TPSA) is 24.5 Å². The van der Waals surface area contributed by atoms with Gasteiger partial charge in [-0.3, -0.25) is 4.90 Å². The minimum absolute atomic E-state index is 0.0176. The minimum atomic E-state index is -0.0176. The van der Waals surface area contributed by atoms with Gasteiger partial charge in [-0.1, -0.05) is 0 Å². The van der Waals surface area contributed by atoms with Gasteiger partial charge in [-0.25, -0.2) is 0 Å². The van der Waals surface area contributed by atoms with Gasteiger partial charge in [0.25, 0.3) is 0 Å². The number of hydrogen-bond donors (Lipinski definition) is 1. The van der Waals surface area contributed by atoms with Crippen molar-refractivity contribution in [2.24, 2.45) is 0 Å². The molecule has 0 spiro atoms. The Kier molecular flexibility index (Phi) is 5.43. The summed E-state index contributed by atoms with van der Waals surface area (Å²) in [5.41, 5.74) is -0.0176. The molecule has 0 amide bonds. The number of hydrogen-bond acceptors (Lipinski definition) is 4. The Morgan fingerprint density at radius 2 is 2.37 bits per heavy atom. The molecule has 2 rings (SSSR count). The highest BCUT2D eigenvalue weighted by molar-refractivity contribution is 9.10. The van der Waals surface area contributed by atoms with Gasteiger partial charge >= 0.3 is 0 Å². The number of morpholine rings is 1. The number of nitrogens with one attached hydrogen (secondary N) is 1. The van der Waals surface area contributed by atoms with E-state index in [1.165, 1.54) is 9.35 Å². The maximum atomic E-state index is 5.92. The summed E-state index contributed by atoms with van der Waals surface area (Å²) < 4.78 is 7.10. The molecule has 1 fully saturated rings. The van der Waals surface area contributed by atoms with Crippen molar-refractivity contribution in [1.82, 2.24) is 10.2 Å². The van der Waals surface area contributed by atoms with Crippen molar-refractivity contribution in [2.75, 3.05) is 26.2 Å². The second kappa shape index (κ2) is 6.68. The van der Waals surface area contributed by atoms with Crippen molar-refractivity contribution >= 4 is 27.3 Å². The van der Waals surface area contributed by atoms with Gasteiger partial charge in [0.05, 0.1) is 11.7 Å². The summed E-state index contributed by atoms with van der Waals surface area (Å²) in [5.74, 6) is 0. The van der Waals surface area contributed by atoms with Crippen molar-refractivity contribution in [3.05, 3.63) is 20.8 Å². The van der Waals surface area contributed by atoms with E-state index in [-0.39, 0.29) is 5.60 Å². The van der Waals surface area contributed by atoms with Gasteiger partial charge in [0, 0.05) is 47.5 Å². The molecule has 0 aromatic carbocycles. The lowest BCUT2D eigenvalue weighted by Gasteiger charge is -2.41. The zero-order valence-corrected chi connectivity index (χ0v) is 14.3. The van der Waals surface area contributed by atoms with Crippen molar-refractivity contribution < 1.29 is 4.74 Å². The van der Waals surface area contributed by atoms with Gasteiger partial charge < -0.3 is 10.1 Å². The van der Waals surface area contributed by atoms with Crippen LogP contribution in [-0.2, 0) is 11.3 Å². The summed E-state index contributed by atoms with van der Waals surface area (Å²) in [7, 11) is 0. The van der Waals surface area contributed by atoms with Crippen molar-refractivity contribution in [2.45, 2.75) is 39.0 Å². The first-order valence-corrected chi connectivity index (χ1v) is 8.46. The van der Waals surface area contributed by atoms with E-state index >= 15 is 0 Å². The number of thiophene rings is 1. The van der Waals surface area contributed by atoms with Crippen LogP contribution in [0.2, 0.25) is 0 Å². The predicted molar refractivity (Wildman–Crippen MR) is 84.8 cm³/mol. The molecule has 0 radical (unpaired) electrons. The molecule has 1 aromatic heterocycles. The average molecular weight is 347 g/mol. The summed E-state index contributed by atoms with van der Waals surface area (Å²) in [6, 6.07) is 2.18. The smallest absolute Gasteiger partial charge is 0.0757 e. The van der Waals surface area contributed by atoms with Crippen LogP contribution in [0.4, 0.5) is 0 Å². The molecule has 1 saturated heterocycles. The summed E-state index contributed by atoms with van der Waals surface area (Å²) in [5, 5.41) is 5.64. The van der Waals surface area contributed by atoms with E-state index in [1.54, 1.807) is 11.3 Å². The SMILES string of the molecule is CC1CN(CCNCc2cc(Br)cs2)CC(C)(C)O1. The lowest BCUT2D eigenvalue weighted by atomic mass is 10.1. The third-order valence-electron chi connectivity index (χ3n) is 3.17. The Labute approximate surface area is 128 Å². The molecule has 0 saturated carbocycles. The molecule has 19 heavy (non-hydrogen) atoms. The molecule has 1 aromatic rings. The maximum absolute atomic E-state index is 5.92. The van der Waals surface area contributed by atoms with E-state index in [4.69, 9.17) is 4.74 Å². The standard InChI is InChI=1S/C14H23BrN2OS/c1-11-8-17(10-14(2,3)18-11)5-4-16-7-13-6-12(15)9-19-13/h6,9,11,16H,4-5,7-8,10H2,1-3H3. The van der Waals surface area contributed by atoms with Crippen LogP contribution in [0.3, 0.4) is 0 Å². The summed E-state index contributed by atoms with van der Waals surface area (Å²) in [4.78, 5) is 3.87. The Bertz CT molecular complexity index is 408. The number of ether oxygens (including phenoxy) is 1. The Morgan fingerprint density at radius 1 is 1.58 bits per heavy atom. The van der Waals surface area contributed by atoms with E-state index in [0.717, 1.165) is 32.7 Å². The molecule has 1 unspecified atom stereocenters. The van der Waals surface area contributed by atoms with Crippen LogP contribution < -0.4 is 5.32 Å². The quantitative estimate of drug-likeness (QED) is 0.829. The molecule has 2 heterocycles. The zero-order chi connectivity index (χ0) is 13.9. The number of nitrogens with zero attached hydrogens (tertiary/aromatic N) is 1. The van der Waals surface area contributed by atoms with Crippen LogP contribution in [-0.4, -0.2) is 42.8 Å². The first-order valence-electron chi connectivity index (χ1n) is 6.78. The van der Waals surface area contributed by atoms with E-state index in [9.17, 15) is 0 Å². The summed E-state index contributed by atoms with van der Waals surface area (Å²) in [6.07, 6.45) is 0.331. The first-order chi connectivity index (χ1) is 8.94. The highest BCUT2D eigenvalue weighted by Gasteiger charge is 2.30. The maximum Gasteiger partial charge on any atom is 0.0757 e. The fourth-order valence-electron chi connectivity index (χ4n) is 2.65. The Hall–Kier alpha value is 0.0600. The van der Waals surface area contributed by atoms with Crippen LogP contribution >= 0.6 is 27.3 Å². The van der Waals surface area contributed by atoms with E-state index in [2.05, 4.69) is 58.4 Å². The van der Waals surface area contributed by atoms with Crippen LogP contribution in [0.1, 0.15) is 25.6 Å². The highest BCUT2D eigenvalue weighted by Crippen LogP contribution is 2.21. The monoisotopic (exact) mass is 346 g/mol. The van der Waals surface area contributed by atoms with Crippen LogP contribution in [0.25, 0.3) is 0 Å². The largest absolute Gasteiger partial charge is 0.370 e. The lowest BCUT2D eigenvalue weighted by molar-refractivity contribution is -0.128. The van der Waals surface area contributed by atoms with Gasteiger partial charge in [0.2, 0.25) is 0 Å².